The summed E-state index contributed by atoms with van der Waals surface area (Å²) in [4.78, 5) is 22.3. The fraction of sp³-hybridized carbons (Fsp3) is 0.300. The van der Waals surface area contributed by atoms with Gasteiger partial charge in [-0.1, -0.05) is 12.1 Å². The van der Waals surface area contributed by atoms with E-state index in [-0.39, 0.29) is 23.6 Å². The molecule has 1 fully saturated rings. The SMILES string of the molecule is COc1ccc(/C=C/C(=O)N2CCCC(Oc3nccnc3C#N)C2)cc1. The fourth-order valence-corrected chi connectivity index (χ4v) is 2.87. The number of amides is 1. The monoisotopic (exact) mass is 364 g/mol. The predicted octanol–water partition coefficient (Wildman–Crippen LogP) is 2.44. The normalized spacial score (nSPS) is 16.7. The molecular formula is C20H20N4O3. The third-order valence-corrected chi connectivity index (χ3v) is 4.27. The number of hydrogen-bond donors (Lipinski definition) is 0. The van der Waals surface area contributed by atoms with Crippen molar-refractivity contribution < 1.29 is 14.3 Å². The maximum absolute atomic E-state index is 12.5. The van der Waals surface area contributed by atoms with Crippen molar-refractivity contribution in [2.75, 3.05) is 20.2 Å². The number of hydrogen-bond acceptors (Lipinski definition) is 6. The van der Waals surface area contributed by atoms with E-state index in [9.17, 15) is 4.79 Å². The zero-order chi connectivity index (χ0) is 19.1. The second-order valence-corrected chi connectivity index (χ2v) is 6.09. The molecule has 0 bridgehead atoms. The molecule has 7 nitrogen and oxygen atoms in total. The van der Waals surface area contributed by atoms with Gasteiger partial charge in [-0.2, -0.15) is 5.26 Å². The highest BCUT2D eigenvalue weighted by atomic mass is 16.5. The molecule has 0 aliphatic carbocycles. The molecule has 1 aromatic heterocycles. The van der Waals surface area contributed by atoms with E-state index in [0.29, 0.717) is 13.1 Å². The molecule has 1 aliphatic rings. The lowest BCUT2D eigenvalue weighted by atomic mass is 10.1. The number of benzene rings is 1. The van der Waals surface area contributed by atoms with Crippen molar-refractivity contribution in [1.29, 1.82) is 5.26 Å². The number of ether oxygens (including phenoxy) is 2. The third-order valence-electron chi connectivity index (χ3n) is 4.27. The van der Waals surface area contributed by atoms with E-state index in [0.717, 1.165) is 24.2 Å². The van der Waals surface area contributed by atoms with E-state index >= 15 is 0 Å². The summed E-state index contributed by atoms with van der Waals surface area (Å²) in [6.45, 7) is 1.13. The minimum Gasteiger partial charge on any atom is -0.497 e. The maximum Gasteiger partial charge on any atom is 0.251 e. The number of piperidine rings is 1. The van der Waals surface area contributed by atoms with Crippen molar-refractivity contribution in [3.8, 4) is 17.7 Å². The standard InChI is InChI=1S/C20H20N4O3/c1-26-16-7-4-15(5-8-16)6-9-19(25)24-12-2-3-17(14-24)27-20-18(13-21)22-10-11-23-20/h4-11,17H,2-3,12,14H2,1H3/b9-6+. The van der Waals surface area contributed by atoms with Crippen molar-refractivity contribution in [3.05, 3.63) is 54.0 Å². The van der Waals surface area contributed by atoms with E-state index in [4.69, 9.17) is 14.7 Å². The van der Waals surface area contributed by atoms with Crippen LogP contribution in [0.4, 0.5) is 0 Å². The van der Waals surface area contributed by atoms with E-state index < -0.39 is 0 Å². The predicted molar refractivity (Wildman–Crippen MR) is 99.0 cm³/mol. The third kappa shape index (κ3) is 4.82. The van der Waals surface area contributed by atoms with E-state index in [1.165, 1.54) is 12.4 Å². The molecule has 1 saturated heterocycles. The van der Waals surface area contributed by atoms with Gasteiger partial charge in [-0.15, -0.1) is 0 Å². The van der Waals surface area contributed by atoms with Crippen LogP contribution in [0.5, 0.6) is 11.6 Å². The molecule has 7 heteroatoms. The van der Waals surface area contributed by atoms with Gasteiger partial charge in [0.2, 0.25) is 11.6 Å². The number of carbonyl (C=O) groups excluding carboxylic acids is 1. The Kier molecular flexibility index (Phi) is 6.00. The summed E-state index contributed by atoms with van der Waals surface area (Å²) in [5.74, 6) is 0.919. The van der Waals surface area contributed by atoms with Crippen LogP contribution >= 0.6 is 0 Å². The summed E-state index contributed by atoms with van der Waals surface area (Å²) in [5, 5.41) is 9.09. The molecule has 2 heterocycles. The van der Waals surface area contributed by atoms with Gasteiger partial charge in [0.15, 0.2) is 0 Å². The Morgan fingerprint density at radius 2 is 2.07 bits per heavy atom. The Balaban J connectivity index is 1.60. The molecule has 0 spiro atoms. The van der Waals surface area contributed by atoms with E-state index in [2.05, 4.69) is 9.97 Å². The van der Waals surface area contributed by atoms with Crippen LogP contribution in [-0.4, -0.2) is 47.1 Å². The van der Waals surface area contributed by atoms with Gasteiger partial charge in [-0.05, 0) is 36.6 Å². The van der Waals surface area contributed by atoms with Gasteiger partial charge in [0.25, 0.3) is 5.88 Å². The van der Waals surface area contributed by atoms with E-state index in [1.807, 2.05) is 30.3 Å². The highest BCUT2D eigenvalue weighted by Gasteiger charge is 2.25. The van der Waals surface area contributed by atoms with Gasteiger partial charge in [0.1, 0.15) is 17.9 Å². The minimum atomic E-state index is -0.208. The maximum atomic E-state index is 12.5. The second-order valence-electron chi connectivity index (χ2n) is 6.09. The molecule has 0 N–H and O–H groups in total. The lowest BCUT2D eigenvalue weighted by Gasteiger charge is -2.32. The number of nitriles is 1. The van der Waals surface area contributed by atoms with Gasteiger partial charge >= 0.3 is 0 Å². The number of carbonyl (C=O) groups is 1. The van der Waals surface area contributed by atoms with Gasteiger partial charge in [0.05, 0.1) is 13.7 Å². The van der Waals surface area contributed by atoms with Crippen molar-refractivity contribution in [2.24, 2.45) is 0 Å². The van der Waals surface area contributed by atoms with Gasteiger partial charge < -0.3 is 14.4 Å². The number of aromatic nitrogens is 2. The van der Waals surface area contributed by atoms with Crippen molar-refractivity contribution in [1.82, 2.24) is 14.9 Å². The number of rotatable bonds is 5. The molecule has 1 atom stereocenters. The Bertz CT molecular complexity index is 858. The summed E-state index contributed by atoms with van der Waals surface area (Å²) in [6, 6.07) is 9.45. The molecule has 0 radical (unpaired) electrons. The van der Waals surface area contributed by atoms with Crippen LogP contribution in [0.3, 0.4) is 0 Å². The molecule has 0 saturated carbocycles. The molecule has 1 unspecified atom stereocenters. The lowest BCUT2D eigenvalue weighted by Crippen LogP contribution is -2.43. The quantitative estimate of drug-likeness (QED) is 0.757. The highest BCUT2D eigenvalue weighted by molar-refractivity contribution is 5.91. The first-order chi connectivity index (χ1) is 13.2. The minimum absolute atomic E-state index is 0.0706. The molecule has 1 amide bonds. The van der Waals surface area contributed by atoms with Crippen LogP contribution in [0.1, 0.15) is 24.1 Å². The smallest absolute Gasteiger partial charge is 0.251 e. The first kappa shape index (κ1) is 18.4. The Labute approximate surface area is 157 Å². The van der Waals surface area contributed by atoms with Crippen LogP contribution in [-0.2, 0) is 4.79 Å². The summed E-state index contributed by atoms with van der Waals surface area (Å²) in [7, 11) is 1.61. The second kappa shape index (κ2) is 8.81. The molecule has 1 aliphatic heterocycles. The molecule has 2 aromatic rings. The summed E-state index contributed by atoms with van der Waals surface area (Å²) in [6.07, 6.45) is 7.70. The van der Waals surface area contributed by atoms with Crippen molar-refractivity contribution in [2.45, 2.75) is 18.9 Å². The molecule has 1 aromatic carbocycles. The highest BCUT2D eigenvalue weighted by Crippen LogP contribution is 2.19. The fourth-order valence-electron chi connectivity index (χ4n) is 2.87. The Morgan fingerprint density at radius 1 is 1.30 bits per heavy atom. The molecule has 3 rings (SSSR count). The van der Waals surface area contributed by atoms with Gasteiger partial charge in [-0.3, -0.25) is 4.79 Å². The summed E-state index contributed by atoms with van der Waals surface area (Å²) < 4.78 is 10.9. The van der Waals surface area contributed by atoms with Gasteiger partial charge in [-0.25, -0.2) is 9.97 Å². The van der Waals surface area contributed by atoms with Crippen LogP contribution in [0, 0.1) is 11.3 Å². The largest absolute Gasteiger partial charge is 0.497 e. The average Bonchev–Trinajstić information content (AvgIpc) is 2.73. The number of nitrogens with zero attached hydrogens (tertiary/aromatic N) is 4. The summed E-state index contributed by atoms with van der Waals surface area (Å²) >= 11 is 0. The topological polar surface area (TPSA) is 88.3 Å². The summed E-state index contributed by atoms with van der Waals surface area (Å²) in [5.41, 5.74) is 1.08. The number of methoxy groups -OCH3 is 1. The number of likely N-dealkylation sites (tertiary alicyclic amines) is 1. The molecule has 27 heavy (non-hydrogen) atoms. The average molecular weight is 364 g/mol. The molecular weight excluding hydrogens is 344 g/mol. The first-order valence-corrected chi connectivity index (χ1v) is 8.68. The van der Waals surface area contributed by atoms with Crippen LogP contribution in [0.15, 0.2) is 42.7 Å². The Morgan fingerprint density at radius 3 is 2.81 bits per heavy atom. The van der Waals surface area contributed by atoms with Crippen molar-refractivity contribution >= 4 is 12.0 Å². The molecule has 138 valence electrons. The van der Waals surface area contributed by atoms with Gasteiger partial charge in [0, 0.05) is 25.0 Å². The van der Waals surface area contributed by atoms with Crippen LogP contribution in [0.25, 0.3) is 6.08 Å². The van der Waals surface area contributed by atoms with Crippen molar-refractivity contribution in [3.63, 3.8) is 0 Å². The zero-order valence-electron chi connectivity index (χ0n) is 15.0. The lowest BCUT2D eigenvalue weighted by molar-refractivity contribution is -0.128. The first-order valence-electron chi connectivity index (χ1n) is 8.68. The Hall–Kier alpha value is -3.40. The van der Waals surface area contributed by atoms with Crippen LogP contribution < -0.4 is 9.47 Å². The van der Waals surface area contributed by atoms with E-state index in [1.54, 1.807) is 24.2 Å². The zero-order valence-corrected chi connectivity index (χ0v) is 15.0. The van der Waals surface area contributed by atoms with Crippen LogP contribution in [0.2, 0.25) is 0 Å².